The van der Waals surface area contributed by atoms with Crippen LogP contribution in [-0.2, 0) is 4.74 Å². The predicted molar refractivity (Wildman–Crippen MR) is 81.1 cm³/mol. The highest BCUT2D eigenvalue weighted by atomic mass is 16.5. The molecular weight excluding hydrogens is 254 g/mol. The number of nitrogens with zero attached hydrogens (tertiary/aromatic N) is 2. The van der Waals surface area contributed by atoms with Crippen LogP contribution in [-0.4, -0.2) is 49.1 Å². The van der Waals surface area contributed by atoms with Crippen molar-refractivity contribution in [2.24, 2.45) is 0 Å². The number of carbonyl (C=O) groups excluding carboxylic acids is 1. The number of aromatic nitrogens is 1. The van der Waals surface area contributed by atoms with Crippen LogP contribution in [0.2, 0.25) is 0 Å². The van der Waals surface area contributed by atoms with Gasteiger partial charge in [0.05, 0.1) is 24.1 Å². The molecule has 0 aliphatic rings. The Morgan fingerprint density at radius 1 is 1.45 bits per heavy atom. The van der Waals surface area contributed by atoms with Crippen molar-refractivity contribution in [3.63, 3.8) is 0 Å². The first-order chi connectivity index (χ1) is 9.69. The summed E-state index contributed by atoms with van der Waals surface area (Å²) in [7, 11) is 3.45. The number of pyridine rings is 1. The molecule has 0 saturated heterocycles. The summed E-state index contributed by atoms with van der Waals surface area (Å²) in [5, 5.41) is 3.02. The van der Waals surface area contributed by atoms with Crippen molar-refractivity contribution in [1.29, 1.82) is 0 Å². The maximum atomic E-state index is 12.8. The Bertz CT molecular complexity index is 419. The molecule has 1 amide bonds. The average Bonchev–Trinajstić information content (AvgIpc) is 2.50. The minimum Gasteiger partial charge on any atom is -0.386 e. The molecule has 0 spiro atoms. The van der Waals surface area contributed by atoms with Gasteiger partial charge >= 0.3 is 0 Å². The Labute approximate surface area is 121 Å². The van der Waals surface area contributed by atoms with E-state index in [9.17, 15) is 4.79 Å². The SMILES string of the molecule is CCC(CC)N(CCOC)C(=O)c1ccncc1NC. The summed E-state index contributed by atoms with van der Waals surface area (Å²) in [4.78, 5) is 18.7. The summed E-state index contributed by atoms with van der Waals surface area (Å²) < 4.78 is 5.13. The molecule has 0 saturated carbocycles. The Morgan fingerprint density at radius 3 is 2.70 bits per heavy atom. The van der Waals surface area contributed by atoms with Crippen LogP contribution >= 0.6 is 0 Å². The third-order valence-corrected chi connectivity index (χ3v) is 3.50. The summed E-state index contributed by atoms with van der Waals surface area (Å²) in [6.07, 6.45) is 5.20. The minimum absolute atomic E-state index is 0.0301. The highest BCUT2D eigenvalue weighted by molar-refractivity contribution is 5.99. The molecule has 0 unspecified atom stereocenters. The molecule has 20 heavy (non-hydrogen) atoms. The molecule has 0 radical (unpaired) electrons. The first-order valence-electron chi connectivity index (χ1n) is 7.11. The molecule has 1 aromatic rings. The fourth-order valence-corrected chi connectivity index (χ4v) is 2.30. The number of hydrogen-bond acceptors (Lipinski definition) is 4. The lowest BCUT2D eigenvalue weighted by Gasteiger charge is -2.31. The van der Waals surface area contributed by atoms with Gasteiger partial charge in [0.2, 0.25) is 0 Å². The van der Waals surface area contributed by atoms with E-state index in [0.717, 1.165) is 18.5 Å². The molecule has 1 rings (SSSR count). The zero-order valence-electron chi connectivity index (χ0n) is 12.8. The molecule has 1 N–H and O–H groups in total. The van der Waals surface area contributed by atoms with Crippen molar-refractivity contribution < 1.29 is 9.53 Å². The zero-order chi connectivity index (χ0) is 15.0. The second kappa shape index (κ2) is 8.53. The van der Waals surface area contributed by atoms with Gasteiger partial charge < -0.3 is 15.0 Å². The highest BCUT2D eigenvalue weighted by Crippen LogP contribution is 2.19. The monoisotopic (exact) mass is 279 g/mol. The largest absolute Gasteiger partial charge is 0.386 e. The van der Waals surface area contributed by atoms with Crippen LogP contribution in [0.25, 0.3) is 0 Å². The van der Waals surface area contributed by atoms with E-state index >= 15 is 0 Å². The van der Waals surface area contributed by atoms with E-state index in [1.54, 1.807) is 32.6 Å². The molecule has 0 atom stereocenters. The Kier molecular flexibility index (Phi) is 7.01. The van der Waals surface area contributed by atoms with Crippen molar-refractivity contribution in [2.75, 3.05) is 32.6 Å². The topological polar surface area (TPSA) is 54.5 Å². The van der Waals surface area contributed by atoms with Crippen LogP contribution in [0.5, 0.6) is 0 Å². The van der Waals surface area contributed by atoms with Crippen LogP contribution in [0.3, 0.4) is 0 Å². The minimum atomic E-state index is 0.0301. The Balaban J connectivity index is 3.02. The van der Waals surface area contributed by atoms with Gasteiger partial charge in [-0.25, -0.2) is 0 Å². The van der Waals surface area contributed by atoms with Gasteiger partial charge in [-0.15, -0.1) is 0 Å². The lowest BCUT2D eigenvalue weighted by molar-refractivity contribution is 0.0590. The number of nitrogens with one attached hydrogen (secondary N) is 1. The van der Waals surface area contributed by atoms with E-state index in [4.69, 9.17) is 4.74 Å². The Morgan fingerprint density at radius 2 is 2.15 bits per heavy atom. The summed E-state index contributed by atoms with van der Waals surface area (Å²) in [5.74, 6) is 0.0301. The third-order valence-electron chi connectivity index (χ3n) is 3.50. The number of rotatable bonds is 8. The van der Waals surface area contributed by atoms with E-state index in [1.165, 1.54) is 0 Å². The van der Waals surface area contributed by atoms with E-state index in [-0.39, 0.29) is 11.9 Å². The number of amides is 1. The van der Waals surface area contributed by atoms with Crippen LogP contribution in [0, 0.1) is 0 Å². The number of ether oxygens (including phenoxy) is 1. The van der Waals surface area contributed by atoms with Crippen molar-refractivity contribution >= 4 is 11.6 Å². The van der Waals surface area contributed by atoms with Crippen molar-refractivity contribution in [3.05, 3.63) is 24.0 Å². The molecule has 5 nitrogen and oxygen atoms in total. The van der Waals surface area contributed by atoms with Gasteiger partial charge in [-0.05, 0) is 18.9 Å². The maximum absolute atomic E-state index is 12.8. The standard InChI is InChI=1S/C15H25N3O2/c1-5-12(6-2)18(9-10-20-4)15(19)13-7-8-17-11-14(13)16-3/h7-8,11-12,16H,5-6,9-10H2,1-4H3. The average molecular weight is 279 g/mol. The van der Waals surface area contributed by atoms with E-state index < -0.39 is 0 Å². The molecule has 0 aliphatic heterocycles. The van der Waals surface area contributed by atoms with Gasteiger partial charge in [-0.1, -0.05) is 13.8 Å². The van der Waals surface area contributed by atoms with E-state index in [2.05, 4.69) is 24.1 Å². The lowest BCUT2D eigenvalue weighted by Crippen LogP contribution is -2.42. The van der Waals surface area contributed by atoms with E-state index in [1.807, 2.05) is 4.90 Å². The maximum Gasteiger partial charge on any atom is 0.256 e. The Hall–Kier alpha value is -1.62. The zero-order valence-corrected chi connectivity index (χ0v) is 12.8. The van der Waals surface area contributed by atoms with Gasteiger partial charge in [-0.2, -0.15) is 0 Å². The summed E-state index contributed by atoms with van der Waals surface area (Å²) in [6.45, 7) is 5.36. The van der Waals surface area contributed by atoms with Crippen LogP contribution in [0.1, 0.15) is 37.0 Å². The number of hydrogen-bond donors (Lipinski definition) is 1. The van der Waals surface area contributed by atoms with Gasteiger partial charge in [-0.3, -0.25) is 9.78 Å². The molecule has 1 heterocycles. The molecule has 0 bridgehead atoms. The number of anilines is 1. The van der Waals surface area contributed by atoms with Gasteiger partial charge in [0.15, 0.2) is 0 Å². The molecule has 0 aromatic carbocycles. The smallest absolute Gasteiger partial charge is 0.256 e. The van der Waals surface area contributed by atoms with Gasteiger partial charge in [0, 0.05) is 32.9 Å². The normalized spacial score (nSPS) is 10.7. The van der Waals surface area contributed by atoms with Crippen molar-refractivity contribution in [2.45, 2.75) is 32.7 Å². The van der Waals surface area contributed by atoms with Crippen molar-refractivity contribution in [1.82, 2.24) is 9.88 Å². The first kappa shape index (κ1) is 16.4. The third kappa shape index (κ3) is 3.93. The van der Waals surface area contributed by atoms with Crippen molar-refractivity contribution in [3.8, 4) is 0 Å². The van der Waals surface area contributed by atoms with Gasteiger partial charge in [0.1, 0.15) is 0 Å². The van der Waals surface area contributed by atoms with Crippen LogP contribution in [0.15, 0.2) is 18.5 Å². The molecule has 1 aromatic heterocycles. The fraction of sp³-hybridized carbons (Fsp3) is 0.600. The van der Waals surface area contributed by atoms with Crippen LogP contribution in [0.4, 0.5) is 5.69 Å². The number of carbonyl (C=O) groups is 1. The molecule has 0 fully saturated rings. The summed E-state index contributed by atoms with van der Waals surface area (Å²) >= 11 is 0. The fourth-order valence-electron chi connectivity index (χ4n) is 2.30. The second-order valence-electron chi connectivity index (χ2n) is 4.63. The summed E-state index contributed by atoms with van der Waals surface area (Å²) in [6, 6.07) is 1.99. The van der Waals surface area contributed by atoms with Crippen LogP contribution < -0.4 is 5.32 Å². The molecule has 0 aliphatic carbocycles. The molecule has 112 valence electrons. The second-order valence-corrected chi connectivity index (χ2v) is 4.63. The lowest BCUT2D eigenvalue weighted by atomic mass is 10.1. The molecule has 5 heteroatoms. The molecular formula is C15H25N3O2. The quantitative estimate of drug-likeness (QED) is 0.794. The number of methoxy groups -OCH3 is 1. The van der Waals surface area contributed by atoms with Gasteiger partial charge in [0.25, 0.3) is 5.91 Å². The summed E-state index contributed by atoms with van der Waals surface area (Å²) in [5.41, 5.74) is 1.41. The van der Waals surface area contributed by atoms with E-state index in [0.29, 0.717) is 18.7 Å². The first-order valence-corrected chi connectivity index (χ1v) is 7.11. The highest BCUT2D eigenvalue weighted by Gasteiger charge is 2.23. The predicted octanol–water partition coefficient (Wildman–Crippen LogP) is 2.40.